The molecule has 1 nitrogen and oxygen atoms in total. The van der Waals surface area contributed by atoms with Crippen molar-refractivity contribution in [1.82, 2.24) is 0 Å². The van der Waals surface area contributed by atoms with E-state index in [1.165, 1.54) is 5.39 Å². The molecule has 2 heteroatoms. The standard InChI is InChI=1S/C19H17BrO/c1-13-6-9-15-4-2-3-5-17(15)19(13)18(21)12-14-7-10-16(20)11-8-14/h2-11,18,21H,12H2,1H3. The highest BCUT2D eigenvalue weighted by Crippen LogP contribution is 2.30. The molecule has 3 aromatic carbocycles. The maximum absolute atomic E-state index is 10.7. The van der Waals surface area contributed by atoms with E-state index in [2.05, 4.69) is 47.1 Å². The molecule has 0 aromatic heterocycles. The second-order valence-electron chi connectivity index (χ2n) is 5.36. The van der Waals surface area contributed by atoms with Crippen molar-refractivity contribution >= 4 is 26.7 Å². The van der Waals surface area contributed by atoms with Crippen molar-refractivity contribution in [3.63, 3.8) is 0 Å². The van der Waals surface area contributed by atoms with Gasteiger partial charge in [0, 0.05) is 10.9 Å². The van der Waals surface area contributed by atoms with Crippen LogP contribution >= 0.6 is 15.9 Å². The van der Waals surface area contributed by atoms with Gasteiger partial charge in [-0.15, -0.1) is 0 Å². The molecule has 1 atom stereocenters. The number of hydrogen-bond donors (Lipinski definition) is 1. The molecule has 0 bridgehead atoms. The number of fused-ring (bicyclic) bond motifs is 1. The summed E-state index contributed by atoms with van der Waals surface area (Å²) in [4.78, 5) is 0. The molecule has 0 saturated carbocycles. The molecule has 0 aliphatic carbocycles. The molecule has 0 heterocycles. The molecule has 0 aliphatic heterocycles. The summed E-state index contributed by atoms with van der Waals surface area (Å²) in [6.45, 7) is 2.06. The molecule has 0 radical (unpaired) electrons. The average molecular weight is 341 g/mol. The fraction of sp³-hybridized carbons (Fsp3) is 0.158. The largest absolute Gasteiger partial charge is 0.388 e. The van der Waals surface area contributed by atoms with Crippen LogP contribution < -0.4 is 0 Å². The molecule has 0 fully saturated rings. The Morgan fingerprint density at radius 3 is 2.43 bits per heavy atom. The lowest BCUT2D eigenvalue weighted by Crippen LogP contribution is -2.05. The second kappa shape index (κ2) is 6.00. The number of benzene rings is 3. The molecule has 106 valence electrons. The van der Waals surface area contributed by atoms with E-state index < -0.39 is 6.10 Å². The minimum Gasteiger partial charge on any atom is -0.388 e. The van der Waals surface area contributed by atoms with E-state index in [0.29, 0.717) is 6.42 Å². The van der Waals surface area contributed by atoms with Crippen LogP contribution in [-0.4, -0.2) is 5.11 Å². The van der Waals surface area contributed by atoms with E-state index in [1.807, 2.05) is 36.4 Å². The third-order valence-corrected chi connectivity index (χ3v) is 4.39. The van der Waals surface area contributed by atoms with Gasteiger partial charge >= 0.3 is 0 Å². The van der Waals surface area contributed by atoms with Crippen molar-refractivity contribution in [3.05, 3.63) is 81.8 Å². The highest BCUT2D eigenvalue weighted by Gasteiger charge is 2.14. The maximum Gasteiger partial charge on any atom is 0.0838 e. The molecule has 0 spiro atoms. The number of aryl methyl sites for hydroxylation is 1. The van der Waals surface area contributed by atoms with E-state index in [9.17, 15) is 5.11 Å². The lowest BCUT2D eigenvalue weighted by atomic mass is 9.92. The van der Waals surface area contributed by atoms with Crippen molar-refractivity contribution < 1.29 is 5.11 Å². The predicted octanol–water partition coefficient (Wildman–Crippen LogP) is 5.19. The van der Waals surface area contributed by atoms with Gasteiger partial charge in [0.1, 0.15) is 0 Å². The molecule has 3 aromatic rings. The van der Waals surface area contributed by atoms with Crippen molar-refractivity contribution in [2.45, 2.75) is 19.4 Å². The van der Waals surface area contributed by atoms with Gasteiger partial charge in [0.2, 0.25) is 0 Å². The van der Waals surface area contributed by atoms with Crippen LogP contribution in [0.3, 0.4) is 0 Å². The predicted molar refractivity (Wildman–Crippen MR) is 91.5 cm³/mol. The first kappa shape index (κ1) is 14.3. The molecule has 1 unspecified atom stereocenters. The highest BCUT2D eigenvalue weighted by atomic mass is 79.9. The van der Waals surface area contributed by atoms with E-state index in [0.717, 1.165) is 26.5 Å². The summed E-state index contributed by atoms with van der Waals surface area (Å²) in [6, 6.07) is 20.5. The van der Waals surface area contributed by atoms with Crippen LogP contribution in [0.2, 0.25) is 0 Å². The van der Waals surface area contributed by atoms with Gasteiger partial charge in [-0.25, -0.2) is 0 Å². The minimum absolute atomic E-state index is 0.489. The number of halogens is 1. The summed E-state index contributed by atoms with van der Waals surface area (Å²) in [5.41, 5.74) is 3.31. The number of aliphatic hydroxyl groups is 1. The highest BCUT2D eigenvalue weighted by molar-refractivity contribution is 9.10. The minimum atomic E-state index is -0.489. The lowest BCUT2D eigenvalue weighted by Gasteiger charge is -2.17. The van der Waals surface area contributed by atoms with Gasteiger partial charge in [-0.3, -0.25) is 0 Å². The Labute approximate surface area is 133 Å². The fourth-order valence-corrected chi connectivity index (χ4v) is 3.06. The summed E-state index contributed by atoms with van der Waals surface area (Å²) in [7, 11) is 0. The normalized spacial score (nSPS) is 12.5. The Kier molecular flexibility index (Phi) is 4.09. The molecule has 0 aliphatic rings. The van der Waals surface area contributed by atoms with Gasteiger partial charge in [-0.05, 0) is 46.5 Å². The first-order valence-electron chi connectivity index (χ1n) is 7.06. The quantitative estimate of drug-likeness (QED) is 0.695. The Hall–Kier alpha value is -1.64. The summed E-state index contributed by atoms with van der Waals surface area (Å²) in [5.74, 6) is 0. The van der Waals surface area contributed by atoms with Gasteiger partial charge in [0.15, 0.2) is 0 Å². The fourth-order valence-electron chi connectivity index (χ4n) is 2.79. The summed E-state index contributed by atoms with van der Waals surface area (Å²) >= 11 is 3.44. The van der Waals surface area contributed by atoms with E-state index in [4.69, 9.17) is 0 Å². The van der Waals surface area contributed by atoms with Gasteiger partial charge in [-0.1, -0.05) is 64.5 Å². The van der Waals surface area contributed by atoms with Crippen molar-refractivity contribution in [2.24, 2.45) is 0 Å². The van der Waals surface area contributed by atoms with Crippen LogP contribution in [0, 0.1) is 6.92 Å². The third kappa shape index (κ3) is 3.02. The Morgan fingerprint density at radius 2 is 1.67 bits per heavy atom. The van der Waals surface area contributed by atoms with E-state index in [-0.39, 0.29) is 0 Å². The number of hydrogen-bond acceptors (Lipinski definition) is 1. The van der Waals surface area contributed by atoms with Crippen LogP contribution in [0.25, 0.3) is 10.8 Å². The summed E-state index contributed by atoms with van der Waals surface area (Å²) in [6.07, 6.45) is 0.138. The number of rotatable bonds is 3. The Morgan fingerprint density at radius 1 is 0.952 bits per heavy atom. The second-order valence-corrected chi connectivity index (χ2v) is 6.28. The molecular weight excluding hydrogens is 324 g/mol. The van der Waals surface area contributed by atoms with Gasteiger partial charge in [0.05, 0.1) is 6.10 Å². The Bertz CT molecular complexity index is 762. The van der Waals surface area contributed by atoms with E-state index >= 15 is 0 Å². The zero-order valence-corrected chi connectivity index (χ0v) is 13.5. The van der Waals surface area contributed by atoms with E-state index in [1.54, 1.807) is 0 Å². The molecule has 0 amide bonds. The molecular formula is C19H17BrO. The molecule has 3 rings (SSSR count). The van der Waals surface area contributed by atoms with Crippen LogP contribution in [0.15, 0.2) is 65.1 Å². The van der Waals surface area contributed by atoms with Crippen LogP contribution in [-0.2, 0) is 6.42 Å². The first-order chi connectivity index (χ1) is 10.1. The topological polar surface area (TPSA) is 20.2 Å². The van der Waals surface area contributed by atoms with Crippen LogP contribution in [0.5, 0.6) is 0 Å². The zero-order valence-electron chi connectivity index (χ0n) is 11.9. The van der Waals surface area contributed by atoms with Crippen molar-refractivity contribution in [1.29, 1.82) is 0 Å². The summed E-state index contributed by atoms with van der Waals surface area (Å²) in [5, 5.41) is 13.0. The molecule has 1 N–H and O–H groups in total. The van der Waals surface area contributed by atoms with Crippen LogP contribution in [0.4, 0.5) is 0 Å². The Balaban J connectivity index is 1.99. The average Bonchev–Trinajstić information content (AvgIpc) is 2.49. The van der Waals surface area contributed by atoms with Gasteiger partial charge in [-0.2, -0.15) is 0 Å². The summed E-state index contributed by atoms with van der Waals surface area (Å²) < 4.78 is 1.06. The van der Waals surface area contributed by atoms with Gasteiger partial charge in [0.25, 0.3) is 0 Å². The molecule has 21 heavy (non-hydrogen) atoms. The molecule has 0 saturated heterocycles. The van der Waals surface area contributed by atoms with Crippen molar-refractivity contribution in [3.8, 4) is 0 Å². The van der Waals surface area contributed by atoms with Crippen LogP contribution in [0.1, 0.15) is 22.8 Å². The lowest BCUT2D eigenvalue weighted by molar-refractivity contribution is 0.179. The third-order valence-electron chi connectivity index (χ3n) is 3.86. The smallest absolute Gasteiger partial charge is 0.0838 e. The van der Waals surface area contributed by atoms with Crippen molar-refractivity contribution in [2.75, 3.05) is 0 Å². The zero-order chi connectivity index (χ0) is 14.8. The van der Waals surface area contributed by atoms with Gasteiger partial charge < -0.3 is 5.11 Å². The SMILES string of the molecule is Cc1ccc2ccccc2c1C(O)Cc1ccc(Br)cc1. The maximum atomic E-state index is 10.7. The monoisotopic (exact) mass is 340 g/mol. The number of aliphatic hydroxyl groups excluding tert-OH is 1. The first-order valence-corrected chi connectivity index (χ1v) is 7.85.